The van der Waals surface area contributed by atoms with E-state index >= 15 is 0 Å². The Balaban J connectivity index is 1.79. The molecule has 2 unspecified atom stereocenters. The molecule has 1 aromatic heterocycles. The summed E-state index contributed by atoms with van der Waals surface area (Å²) in [5, 5.41) is 19.3. The first kappa shape index (κ1) is 14.4. The molecule has 5 nitrogen and oxygen atoms in total. The van der Waals surface area contributed by atoms with Gasteiger partial charge in [0.2, 0.25) is 0 Å². The van der Waals surface area contributed by atoms with E-state index in [-0.39, 0.29) is 17.9 Å². The molecule has 1 heterocycles. The van der Waals surface area contributed by atoms with Crippen molar-refractivity contribution in [1.82, 2.24) is 14.8 Å². The number of aromatic nitrogens is 3. The van der Waals surface area contributed by atoms with Gasteiger partial charge in [0.25, 0.3) is 0 Å². The Hall–Kier alpha value is -0.590. The molecular formula is C14H24N4OS. The number of hydrogen-bond acceptors (Lipinski definition) is 5. The van der Waals surface area contributed by atoms with Gasteiger partial charge in [-0.2, -0.15) is 0 Å². The highest BCUT2D eigenvalue weighted by Crippen LogP contribution is 2.46. The summed E-state index contributed by atoms with van der Waals surface area (Å²) >= 11 is 1.60. The molecule has 2 atom stereocenters. The van der Waals surface area contributed by atoms with Gasteiger partial charge in [0, 0.05) is 18.0 Å². The number of rotatable bonds is 7. The molecular weight excluding hydrogens is 272 g/mol. The zero-order chi connectivity index (χ0) is 14.3. The third kappa shape index (κ3) is 2.87. The molecule has 0 aromatic carbocycles. The lowest BCUT2D eigenvalue weighted by Gasteiger charge is -2.24. The first-order valence-corrected chi connectivity index (χ1v) is 8.47. The van der Waals surface area contributed by atoms with Gasteiger partial charge in [-0.05, 0) is 31.6 Å². The normalized spacial score (nSPS) is 22.2. The molecule has 0 aliphatic heterocycles. The van der Waals surface area contributed by atoms with Crippen LogP contribution in [0, 0.1) is 5.92 Å². The fraction of sp³-hybridized carbons (Fsp3) is 0.857. The third-order valence-corrected chi connectivity index (χ3v) is 5.44. The van der Waals surface area contributed by atoms with Crippen LogP contribution < -0.4 is 5.73 Å². The summed E-state index contributed by atoms with van der Waals surface area (Å²) < 4.78 is 2.32. The van der Waals surface area contributed by atoms with Crippen LogP contribution in [0.25, 0.3) is 0 Å². The fourth-order valence-corrected chi connectivity index (χ4v) is 3.73. The fourth-order valence-electron chi connectivity index (χ4n) is 2.47. The monoisotopic (exact) mass is 296 g/mol. The number of aliphatic hydroxyl groups is 1. The zero-order valence-electron chi connectivity index (χ0n) is 12.2. The van der Waals surface area contributed by atoms with E-state index in [2.05, 4.69) is 28.6 Å². The highest BCUT2D eigenvalue weighted by Gasteiger charge is 2.37. The van der Waals surface area contributed by atoms with Crippen LogP contribution in [0.4, 0.5) is 0 Å². The Labute approximate surface area is 124 Å². The molecule has 0 saturated heterocycles. The average molecular weight is 296 g/mol. The average Bonchev–Trinajstić information content (AvgIpc) is 3.33. The molecule has 112 valence electrons. The van der Waals surface area contributed by atoms with Gasteiger partial charge < -0.3 is 15.4 Å². The quantitative estimate of drug-likeness (QED) is 0.752. The lowest BCUT2D eigenvalue weighted by atomic mass is 10.0. The Bertz CT molecular complexity index is 468. The van der Waals surface area contributed by atoms with E-state index in [1.165, 1.54) is 25.7 Å². The van der Waals surface area contributed by atoms with Gasteiger partial charge in [-0.3, -0.25) is 0 Å². The van der Waals surface area contributed by atoms with Crippen LogP contribution in [-0.2, 0) is 0 Å². The Morgan fingerprint density at radius 1 is 1.30 bits per heavy atom. The summed E-state index contributed by atoms with van der Waals surface area (Å²) in [6.45, 7) is 4.27. The molecule has 20 heavy (non-hydrogen) atoms. The lowest BCUT2D eigenvalue weighted by Crippen LogP contribution is -2.39. The smallest absolute Gasteiger partial charge is 0.191 e. The standard InChI is InChI=1S/C14H24N4OS/c1-8(2)12(15)11(7-19)20-14-17-16-13(9-3-4-9)18(14)10-5-6-10/h8-12,19H,3-7,15H2,1-2H3. The second-order valence-electron chi connectivity index (χ2n) is 6.38. The molecule has 2 saturated carbocycles. The van der Waals surface area contributed by atoms with Gasteiger partial charge in [-0.15, -0.1) is 10.2 Å². The number of nitrogens with zero attached hydrogens (tertiary/aromatic N) is 3. The van der Waals surface area contributed by atoms with E-state index in [1.807, 2.05) is 0 Å². The first-order chi connectivity index (χ1) is 9.61. The Morgan fingerprint density at radius 2 is 2.00 bits per heavy atom. The molecule has 0 radical (unpaired) electrons. The molecule has 2 fully saturated rings. The highest BCUT2D eigenvalue weighted by molar-refractivity contribution is 7.99. The van der Waals surface area contributed by atoms with E-state index in [9.17, 15) is 5.11 Å². The third-order valence-electron chi connectivity index (χ3n) is 4.18. The number of aliphatic hydroxyl groups excluding tert-OH is 1. The molecule has 0 bridgehead atoms. The Morgan fingerprint density at radius 3 is 2.50 bits per heavy atom. The number of nitrogens with two attached hydrogens (primary N) is 1. The molecule has 3 N–H and O–H groups in total. The minimum absolute atomic E-state index is 0.0104. The number of hydrogen-bond donors (Lipinski definition) is 2. The largest absolute Gasteiger partial charge is 0.395 e. The van der Waals surface area contributed by atoms with Crippen molar-refractivity contribution in [2.24, 2.45) is 11.7 Å². The van der Waals surface area contributed by atoms with Crippen LogP contribution in [0.2, 0.25) is 0 Å². The minimum Gasteiger partial charge on any atom is -0.395 e. The predicted molar refractivity (Wildman–Crippen MR) is 79.8 cm³/mol. The lowest BCUT2D eigenvalue weighted by molar-refractivity contribution is 0.269. The molecule has 0 amide bonds. The maximum absolute atomic E-state index is 9.62. The van der Waals surface area contributed by atoms with Crippen molar-refractivity contribution in [3.05, 3.63) is 5.82 Å². The summed E-state index contributed by atoms with van der Waals surface area (Å²) in [4.78, 5) is 0. The summed E-state index contributed by atoms with van der Waals surface area (Å²) in [6, 6.07) is 0.552. The van der Waals surface area contributed by atoms with Crippen molar-refractivity contribution in [3.63, 3.8) is 0 Å². The predicted octanol–water partition coefficient (Wildman–Crippen LogP) is 1.93. The Kier molecular flexibility index (Phi) is 4.06. The van der Waals surface area contributed by atoms with E-state index < -0.39 is 0 Å². The van der Waals surface area contributed by atoms with E-state index in [0.29, 0.717) is 17.9 Å². The van der Waals surface area contributed by atoms with Gasteiger partial charge in [0.15, 0.2) is 5.16 Å². The van der Waals surface area contributed by atoms with Crippen LogP contribution in [0.1, 0.15) is 57.3 Å². The second-order valence-corrected chi connectivity index (χ2v) is 7.58. The van der Waals surface area contributed by atoms with Crippen molar-refractivity contribution in [3.8, 4) is 0 Å². The summed E-state index contributed by atoms with van der Waals surface area (Å²) in [5.41, 5.74) is 6.20. The second kappa shape index (κ2) is 5.66. The maximum Gasteiger partial charge on any atom is 0.191 e. The first-order valence-electron chi connectivity index (χ1n) is 7.59. The molecule has 2 aliphatic carbocycles. The number of thioether (sulfide) groups is 1. The van der Waals surface area contributed by atoms with Crippen LogP contribution in [0.15, 0.2) is 5.16 Å². The molecule has 2 aliphatic rings. The van der Waals surface area contributed by atoms with Crippen LogP contribution >= 0.6 is 11.8 Å². The van der Waals surface area contributed by atoms with E-state index in [0.717, 1.165) is 11.0 Å². The molecule has 6 heteroatoms. The summed E-state index contributed by atoms with van der Waals surface area (Å²) in [6.07, 6.45) is 4.94. The maximum atomic E-state index is 9.62. The van der Waals surface area contributed by atoms with E-state index in [1.54, 1.807) is 11.8 Å². The SMILES string of the molecule is CC(C)C(N)C(CO)Sc1nnc(C2CC2)n1C1CC1. The molecule has 1 aromatic rings. The topological polar surface area (TPSA) is 77.0 Å². The summed E-state index contributed by atoms with van der Waals surface area (Å²) in [7, 11) is 0. The van der Waals surface area contributed by atoms with Crippen molar-refractivity contribution < 1.29 is 5.11 Å². The summed E-state index contributed by atoms with van der Waals surface area (Å²) in [5.74, 6) is 2.12. The van der Waals surface area contributed by atoms with Crippen LogP contribution in [0.3, 0.4) is 0 Å². The van der Waals surface area contributed by atoms with Crippen LogP contribution in [-0.4, -0.2) is 37.8 Å². The van der Waals surface area contributed by atoms with Gasteiger partial charge in [0.05, 0.1) is 11.9 Å². The van der Waals surface area contributed by atoms with Gasteiger partial charge in [-0.25, -0.2) is 0 Å². The van der Waals surface area contributed by atoms with Crippen molar-refractivity contribution in [1.29, 1.82) is 0 Å². The zero-order valence-corrected chi connectivity index (χ0v) is 13.0. The van der Waals surface area contributed by atoms with Crippen LogP contribution in [0.5, 0.6) is 0 Å². The molecule has 3 rings (SSSR count). The van der Waals surface area contributed by atoms with Crippen molar-refractivity contribution in [2.75, 3.05) is 6.61 Å². The van der Waals surface area contributed by atoms with Crippen molar-refractivity contribution >= 4 is 11.8 Å². The van der Waals surface area contributed by atoms with Gasteiger partial charge in [0.1, 0.15) is 5.82 Å². The van der Waals surface area contributed by atoms with Gasteiger partial charge in [-0.1, -0.05) is 25.6 Å². The molecule has 0 spiro atoms. The van der Waals surface area contributed by atoms with E-state index in [4.69, 9.17) is 5.73 Å². The highest BCUT2D eigenvalue weighted by atomic mass is 32.2. The van der Waals surface area contributed by atoms with Gasteiger partial charge >= 0.3 is 0 Å². The van der Waals surface area contributed by atoms with Crippen molar-refractivity contribution in [2.45, 2.75) is 67.9 Å². The minimum atomic E-state index is -0.0290.